The maximum Gasteiger partial charge on any atom is 0.377 e. The van der Waals surface area contributed by atoms with Crippen molar-refractivity contribution in [3.63, 3.8) is 0 Å². The average Bonchev–Trinajstić information content (AvgIpc) is 3.04. The number of nitro groups is 1. The second-order valence-electron chi connectivity index (χ2n) is 6.34. The van der Waals surface area contributed by atoms with Crippen molar-refractivity contribution in [2.24, 2.45) is 0 Å². The van der Waals surface area contributed by atoms with E-state index < -0.39 is 16.6 Å². The van der Waals surface area contributed by atoms with Crippen molar-refractivity contribution in [2.75, 3.05) is 6.54 Å². The van der Waals surface area contributed by atoms with Crippen molar-refractivity contribution in [1.82, 2.24) is 24.7 Å². The molecule has 0 spiro atoms. The fraction of sp³-hybridized carbons (Fsp3) is 0.500. The van der Waals surface area contributed by atoms with Crippen LogP contribution in [-0.2, 0) is 0 Å². The largest absolute Gasteiger partial charge is 0.377 e. The molecule has 11 heteroatoms. The van der Waals surface area contributed by atoms with E-state index in [4.69, 9.17) is 11.6 Å². The Kier molecular flexibility index (Phi) is 5.54. The fourth-order valence-electron chi connectivity index (χ4n) is 3.36. The van der Waals surface area contributed by atoms with E-state index in [1.165, 1.54) is 12.1 Å². The molecule has 0 N–H and O–H groups in total. The van der Waals surface area contributed by atoms with Crippen LogP contribution in [-0.4, -0.2) is 48.2 Å². The third-order valence-corrected chi connectivity index (χ3v) is 5.04. The highest BCUT2D eigenvalue weighted by Gasteiger charge is 2.28. The van der Waals surface area contributed by atoms with Gasteiger partial charge in [0.25, 0.3) is 5.69 Å². The zero-order valence-electron chi connectivity index (χ0n) is 14.7. The second-order valence-corrected chi connectivity index (χ2v) is 6.75. The summed E-state index contributed by atoms with van der Waals surface area (Å²) in [6.07, 6.45) is 5.05. The minimum atomic E-state index is -0.773. The summed E-state index contributed by atoms with van der Waals surface area (Å²) >= 11 is 6.04. The third kappa shape index (κ3) is 3.70. The van der Waals surface area contributed by atoms with E-state index in [-0.39, 0.29) is 22.4 Å². The summed E-state index contributed by atoms with van der Waals surface area (Å²) < 4.78 is 1.56. The second kappa shape index (κ2) is 7.87. The van der Waals surface area contributed by atoms with Crippen LogP contribution in [0.25, 0.3) is 5.69 Å². The van der Waals surface area contributed by atoms with Crippen LogP contribution in [0.15, 0.2) is 23.0 Å². The maximum absolute atomic E-state index is 12.8. The minimum Gasteiger partial charge on any atom is -0.320 e. The van der Waals surface area contributed by atoms with Gasteiger partial charge >= 0.3 is 11.7 Å². The molecule has 10 nitrogen and oxygen atoms in total. The summed E-state index contributed by atoms with van der Waals surface area (Å²) in [7, 11) is 0. The van der Waals surface area contributed by atoms with Crippen molar-refractivity contribution < 1.29 is 9.72 Å². The number of halogens is 1. The number of carbonyl (C=O) groups excluding carboxylic acids is 1. The topological polar surface area (TPSA) is 116 Å². The van der Waals surface area contributed by atoms with E-state index in [1.807, 2.05) is 6.92 Å². The molecular formula is C16H19ClN6O4. The monoisotopic (exact) mass is 394 g/mol. The molecule has 144 valence electrons. The van der Waals surface area contributed by atoms with Gasteiger partial charge in [-0.2, -0.15) is 4.68 Å². The van der Waals surface area contributed by atoms with Crippen LogP contribution in [0.2, 0.25) is 5.02 Å². The number of nitrogens with zero attached hydrogens (tertiary/aromatic N) is 6. The summed E-state index contributed by atoms with van der Waals surface area (Å²) in [5, 5.41) is 18.2. The summed E-state index contributed by atoms with van der Waals surface area (Å²) in [4.78, 5) is 37.3. The van der Waals surface area contributed by atoms with Gasteiger partial charge in [-0.3, -0.25) is 10.1 Å². The van der Waals surface area contributed by atoms with Gasteiger partial charge in [0.2, 0.25) is 0 Å². The quantitative estimate of drug-likeness (QED) is 0.447. The molecule has 1 aromatic carbocycles. The number of aromatic nitrogens is 4. The third-order valence-electron chi connectivity index (χ3n) is 4.73. The molecule has 1 amide bonds. The zero-order valence-corrected chi connectivity index (χ0v) is 15.5. The highest BCUT2D eigenvalue weighted by atomic mass is 35.5. The lowest BCUT2D eigenvalue weighted by atomic mass is 9.94. The lowest BCUT2D eigenvalue weighted by Gasteiger charge is -2.32. The van der Waals surface area contributed by atoms with E-state index in [0.717, 1.165) is 42.9 Å². The van der Waals surface area contributed by atoms with Crippen molar-refractivity contribution in [2.45, 2.75) is 45.1 Å². The van der Waals surface area contributed by atoms with Gasteiger partial charge in [0, 0.05) is 24.7 Å². The summed E-state index contributed by atoms with van der Waals surface area (Å²) in [5.74, 6) is 0. The van der Waals surface area contributed by atoms with Gasteiger partial charge < -0.3 is 4.90 Å². The van der Waals surface area contributed by atoms with E-state index >= 15 is 0 Å². The van der Waals surface area contributed by atoms with E-state index in [9.17, 15) is 19.7 Å². The van der Waals surface area contributed by atoms with Crippen LogP contribution < -0.4 is 5.69 Å². The number of hydrogen-bond donors (Lipinski definition) is 0. The molecule has 1 heterocycles. The van der Waals surface area contributed by atoms with Gasteiger partial charge in [-0.25, -0.2) is 9.59 Å². The van der Waals surface area contributed by atoms with Crippen LogP contribution in [0, 0.1) is 10.1 Å². The summed E-state index contributed by atoms with van der Waals surface area (Å²) in [5.41, 5.74) is -0.869. The van der Waals surface area contributed by atoms with Crippen LogP contribution in [0.4, 0.5) is 10.5 Å². The van der Waals surface area contributed by atoms with Crippen molar-refractivity contribution in [3.8, 4) is 5.69 Å². The number of carbonyl (C=O) groups is 1. The molecule has 0 atom stereocenters. The molecular weight excluding hydrogens is 376 g/mol. The predicted molar refractivity (Wildman–Crippen MR) is 97.3 cm³/mol. The predicted octanol–water partition coefficient (Wildman–Crippen LogP) is 2.61. The highest BCUT2D eigenvalue weighted by molar-refractivity contribution is 6.32. The minimum absolute atomic E-state index is 0.0366. The Balaban J connectivity index is 1.92. The van der Waals surface area contributed by atoms with E-state index in [2.05, 4.69) is 10.4 Å². The van der Waals surface area contributed by atoms with Crippen LogP contribution >= 0.6 is 11.6 Å². The Morgan fingerprint density at radius 3 is 2.63 bits per heavy atom. The first-order chi connectivity index (χ1) is 12.9. The van der Waals surface area contributed by atoms with E-state index in [1.54, 1.807) is 4.90 Å². The van der Waals surface area contributed by atoms with Gasteiger partial charge in [-0.1, -0.05) is 30.9 Å². The van der Waals surface area contributed by atoms with Crippen LogP contribution in [0.5, 0.6) is 0 Å². The lowest BCUT2D eigenvalue weighted by molar-refractivity contribution is -0.384. The lowest BCUT2D eigenvalue weighted by Crippen LogP contribution is -2.46. The maximum atomic E-state index is 12.8. The molecule has 27 heavy (non-hydrogen) atoms. The summed E-state index contributed by atoms with van der Waals surface area (Å²) in [6, 6.07) is 3.17. The fourth-order valence-corrected chi connectivity index (χ4v) is 3.62. The highest BCUT2D eigenvalue weighted by Crippen LogP contribution is 2.25. The molecule has 0 radical (unpaired) electrons. The zero-order chi connectivity index (χ0) is 19.6. The van der Waals surface area contributed by atoms with Crippen molar-refractivity contribution in [1.29, 1.82) is 0 Å². The average molecular weight is 395 g/mol. The number of benzene rings is 1. The number of rotatable bonds is 4. The van der Waals surface area contributed by atoms with Gasteiger partial charge in [-0.05, 0) is 36.3 Å². The molecule has 1 saturated carbocycles. The number of nitro benzene ring substituents is 1. The van der Waals surface area contributed by atoms with Gasteiger partial charge in [0.15, 0.2) is 0 Å². The van der Waals surface area contributed by atoms with Crippen molar-refractivity contribution in [3.05, 3.63) is 43.8 Å². The number of tetrazole rings is 1. The molecule has 0 saturated heterocycles. The number of amides is 1. The van der Waals surface area contributed by atoms with Crippen LogP contribution in [0.3, 0.4) is 0 Å². The number of hydrogen-bond acceptors (Lipinski definition) is 6. The van der Waals surface area contributed by atoms with E-state index in [0.29, 0.717) is 11.2 Å². The van der Waals surface area contributed by atoms with Gasteiger partial charge in [0.05, 0.1) is 15.6 Å². The Bertz CT molecular complexity index is 918. The molecule has 0 bridgehead atoms. The molecule has 1 aliphatic rings. The Morgan fingerprint density at radius 2 is 2.04 bits per heavy atom. The first kappa shape index (κ1) is 19.0. The SMILES string of the molecule is CCN(C(=O)n1nnn(-c2ccc([N+](=O)[O-])cc2Cl)c1=O)C1CCCCC1. The van der Waals surface area contributed by atoms with Crippen LogP contribution in [0.1, 0.15) is 39.0 Å². The Morgan fingerprint density at radius 1 is 1.33 bits per heavy atom. The first-order valence-corrected chi connectivity index (χ1v) is 9.12. The van der Waals surface area contributed by atoms with Gasteiger partial charge in [-0.15, -0.1) is 4.68 Å². The number of non-ortho nitro benzene ring substituents is 1. The smallest absolute Gasteiger partial charge is 0.320 e. The molecule has 2 aromatic rings. The normalized spacial score (nSPS) is 14.9. The van der Waals surface area contributed by atoms with Gasteiger partial charge in [0.1, 0.15) is 0 Å². The molecule has 1 aliphatic carbocycles. The molecule has 1 fully saturated rings. The first-order valence-electron chi connectivity index (χ1n) is 8.74. The standard InChI is InChI=1S/C16H19ClN6O4/c1-2-20(11-6-4-3-5-7-11)15(24)22-16(25)21(18-19-22)14-9-8-12(23(26)27)10-13(14)17/h8-11H,2-7H2,1H3. The molecule has 3 rings (SSSR count). The van der Waals surface area contributed by atoms with Crippen molar-refractivity contribution >= 4 is 23.3 Å². The molecule has 0 aliphatic heterocycles. The summed E-state index contributed by atoms with van der Waals surface area (Å²) in [6.45, 7) is 2.32. The molecule has 1 aromatic heterocycles. The molecule has 0 unspecified atom stereocenters. The Labute approximate surface area is 159 Å². The Hall–Kier alpha value is -2.75.